The number of hydrogen-bond donors (Lipinski definition) is 1. The van der Waals surface area contributed by atoms with Gasteiger partial charge in [-0.25, -0.2) is 4.57 Å². The summed E-state index contributed by atoms with van der Waals surface area (Å²) in [6, 6.07) is 10.3. The molecule has 0 aliphatic carbocycles. The second-order valence-corrected chi connectivity index (χ2v) is 9.51. The van der Waals surface area contributed by atoms with Crippen LogP contribution in [-0.4, -0.2) is 4.98 Å². The van der Waals surface area contributed by atoms with Crippen LogP contribution in [-0.2, 0) is 7.05 Å². The van der Waals surface area contributed by atoms with Gasteiger partial charge in [-0.2, -0.15) is 0 Å². The largest absolute Gasteiger partial charge is 0.399 e. The number of nitrogens with two attached hydrogens (primary N) is 1. The first-order valence-corrected chi connectivity index (χ1v) is 11.7. The monoisotopic (exact) mass is 434 g/mol. The summed E-state index contributed by atoms with van der Waals surface area (Å²) in [6.07, 6.45) is 8.06. The maximum Gasteiger partial charge on any atom is 0.172 e. The van der Waals surface area contributed by atoms with Crippen LogP contribution in [0.3, 0.4) is 0 Å². The first-order valence-electron chi connectivity index (χ1n) is 11.7. The number of pyridine rings is 2. The lowest BCUT2D eigenvalue weighted by Crippen LogP contribution is -2.27. The number of hydrogen-bond acceptors (Lipinski definition) is 2. The molecule has 3 heteroatoms. The highest BCUT2D eigenvalue weighted by atomic mass is 14.9. The molecule has 0 saturated heterocycles. The van der Waals surface area contributed by atoms with Crippen molar-refractivity contribution in [3.8, 4) is 0 Å². The van der Waals surface area contributed by atoms with E-state index < -0.39 is 0 Å². The number of rotatable bonds is 3. The molecular formula is C29H44N3+. The van der Waals surface area contributed by atoms with Crippen LogP contribution in [0.15, 0.2) is 55.1 Å². The Kier molecular flexibility index (Phi) is 11.1. The Morgan fingerprint density at radius 2 is 1.31 bits per heavy atom. The van der Waals surface area contributed by atoms with E-state index in [4.69, 9.17) is 5.73 Å². The molecule has 174 valence electrons. The van der Waals surface area contributed by atoms with Gasteiger partial charge in [0.15, 0.2) is 12.4 Å². The molecule has 0 fully saturated rings. The maximum absolute atomic E-state index is 5.76. The van der Waals surface area contributed by atoms with Gasteiger partial charge in [0.25, 0.3) is 0 Å². The number of anilines is 1. The van der Waals surface area contributed by atoms with Crippen LogP contribution < -0.4 is 10.3 Å². The Labute approximate surface area is 196 Å². The van der Waals surface area contributed by atoms with Gasteiger partial charge in [0.05, 0.1) is 0 Å². The molecular weight excluding hydrogens is 390 g/mol. The average molecular weight is 435 g/mol. The van der Waals surface area contributed by atoms with E-state index in [1.165, 1.54) is 33.4 Å². The molecule has 2 heterocycles. The smallest absolute Gasteiger partial charge is 0.172 e. The van der Waals surface area contributed by atoms with E-state index in [1.807, 2.05) is 24.5 Å². The van der Waals surface area contributed by atoms with Crippen molar-refractivity contribution in [2.45, 2.75) is 80.1 Å². The summed E-state index contributed by atoms with van der Waals surface area (Å²) in [4.78, 5) is 4.07. The summed E-state index contributed by atoms with van der Waals surface area (Å²) in [5.41, 5.74) is 14.7. The van der Waals surface area contributed by atoms with Crippen molar-refractivity contribution in [1.82, 2.24) is 4.98 Å². The fraction of sp³-hybridized carbons (Fsp3) is 0.448. The van der Waals surface area contributed by atoms with Gasteiger partial charge in [-0.1, -0.05) is 53.7 Å². The van der Waals surface area contributed by atoms with Crippen LogP contribution in [0.4, 0.5) is 5.69 Å². The van der Waals surface area contributed by atoms with Crippen LogP contribution in [0.2, 0.25) is 0 Å². The third kappa shape index (κ3) is 8.45. The molecule has 0 amide bonds. The summed E-state index contributed by atoms with van der Waals surface area (Å²) < 4.78 is 2.10. The number of aryl methyl sites for hydroxylation is 3. The summed E-state index contributed by atoms with van der Waals surface area (Å²) in [5, 5.41) is 0. The van der Waals surface area contributed by atoms with Gasteiger partial charge in [0.2, 0.25) is 0 Å². The molecule has 0 spiro atoms. The van der Waals surface area contributed by atoms with E-state index in [0.29, 0.717) is 17.8 Å². The average Bonchev–Trinajstić information content (AvgIpc) is 2.72. The first-order chi connectivity index (χ1) is 15.0. The summed E-state index contributed by atoms with van der Waals surface area (Å²) in [5.74, 6) is 1.79. The van der Waals surface area contributed by atoms with E-state index in [-0.39, 0.29) is 0 Å². The highest BCUT2D eigenvalue weighted by molar-refractivity contribution is 5.50. The van der Waals surface area contributed by atoms with Crippen LogP contribution in [0.1, 0.15) is 92.7 Å². The fourth-order valence-electron chi connectivity index (χ4n) is 3.67. The Hall–Kier alpha value is -2.68. The molecule has 3 aromatic rings. The van der Waals surface area contributed by atoms with Crippen molar-refractivity contribution >= 4 is 5.69 Å². The molecule has 0 aliphatic heterocycles. The van der Waals surface area contributed by atoms with Gasteiger partial charge in [0.1, 0.15) is 7.05 Å². The minimum atomic E-state index is 0.568. The number of nitrogen functional groups attached to an aromatic ring is 1. The first kappa shape index (κ1) is 27.4. The van der Waals surface area contributed by atoms with E-state index in [2.05, 4.69) is 110 Å². The van der Waals surface area contributed by atoms with E-state index in [0.717, 1.165) is 5.69 Å². The predicted molar refractivity (Wildman–Crippen MR) is 139 cm³/mol. The third-order valence-electron chi connectivity index (χ3n) is 5.72. The second kappa shape index (κ2) is 13.0. The summed E-state index contributed by atoms with van der Waals surface area (Å²) in [6.45, 7) is 19.5. The van der Waals surface area contributed by atoms with Gasteiger partial charge in [0, 0.05) is 29.7 Å². The minimum absolute atomic E-state index is 0.568. The molecule has 0 saturated carbocycles. The number of benzene rings is 1. The molecule has 1 aromatic carbocycles. The zero-order valence-corrected chi connectivity index (χ0v) is 21.9. The molecule has 3 rings (SSSR count). The fourth-order valence-corrected chi connectivity index (χ4v) is 3.67. The Bertz CT molecular complexity index is 966. The van der Waals surface area contributed by atoms with Gasteiger partial charge >= 0.3 is 0 Å². The van der Waals surface area contributed by atoms with Crippen molar-refractivity contribution in [2.24, 2.45) is 7.05 Å². The topological polar surface area (TPSA) is 42.8 Å². The molecule has 2 N–H and O–H groups in total. The molecule has 0 unspecified atom stereocenters. The Morgan fingerprint density at radius 3 is 1.75 bits per heavy atom. The maximum atomic E-state index is 5.76. The quantitative estimate of drug-likeness (QED) is 0.351. The van der Waals surface area contributed by atoms with Crippen LogP contribution in [0.25, 0.3) is 0 Å². The van der Waals surface area contributed by atoms with Crippen molar-refractivity contribution in [3.63, 3.8) is 0 Å². The zero-order valence-electron chi connectivity index (χ0n) is 21.9. The highest BCUT2D eigenvalue weighted by Gasteiger charge is 2.06. The molecule has 3 nitrogen and oxygen atoms in total. The molecule has 0 aliphatic rings. The molecule has 0 atom stereocenters. The molecule has 32 heavy (non-hydrogen) atoms. The van der Waals surface area contributed by atoms with E-state index in [9.17, 15) is 0 Å². The zero-order chi connectivity index (χ0) is 24.4. The van der Waals surface area contributed by atoms with Gasteiger partial charge in [-0.15, -0.1) is 0 Å². The Morgan fingerprint density at radius 1 is 0.750 bits per heavy atom. The normalized spacial score (nSPS) is 10.5. The lowest BCUT2D eigenvalue weighted by Gasteiger charge is -2.10. The minimum Gasteiger partial charge on any atom is -0.399 e. The summed E-state index contributed by atoms with van der Waals surface area (Å²) in [7, 11) is 2.06. The van der Waals surface area contributed by atoms with Gasteiger partial charge in [-0.3, -0.25) is 4.98 Å². The second-order valence-electron chi connectivity index (χ2n) is 9.51. The van der Waals surface area contributed by atoms with E-state index in [1.54, 1.807) is 0 Å². The SMILES string of the molecule is Cc1c(N)cccc1C(C)C.Cc1cc[n+](C)cc1C(C)C.Cc1ccncc1C(C)C. The van der Waals surface area contributed by atoms with Gasteiger partial charge in [-0.05, 0) is 78.5 Å². The summed E-state index contributed by atoms with van der Waals surface area (Å²) >= 11 is 0. The van der Waals surface area contributed by atoms with Crippen molar-refractivity contribution < 1.29 is 4.57 Å². The van der Waals surface area contributed by atoms with E-state index >= 15 is 0 Å². The van der Waals surface area contributed by atoms with Crippen molar-refractivity contribution in [2.75, 3.05) is 5.73 Å². The van der Waals surface area contributed by atoms with Crippen molar-refractivity contribution in [3.05, 3.63) is 88.5 Å². The third-order valence-corrected chi connectivity index (χ3v) is 5.72. The van der Waals surface area contributed by atoms with Crippen molar-refractivity contribution in [1.29, 1.82) is 0 Å². The van der Waals surface area contributed by atoms with Gasteiger partial charge < -0.3 is 5.73 Å². The Balaban J connectivity index is 0.000000240. The van der Waals surface area contributed by atoms with Crippen LogP contribution in [0.5, 0.6) is 0 Å². The predicted octanol–water partition coefficient (Wildman–Crippen LogP) is 7.16. The van der Waals surface area contributed by atoms with Crippen LogP contribution >= 0.6 is 0 Å². The molecule has 2 aromatic heterocycles. The number of aromatic nitrogens is 2. The standard InChI is InChI=1S/C10H16N.C10H15N.C9H13N/c1-8(2)10-7-11(4)6-5-9(10)3;1-7(2)9-5-4-6-10(11)8(9)3;1-7(2)9-6-10-5-4-8(9)3/h5-8H,1-4H3;4-7H,11H2,1-3H3;4-7H,1-3H3/q+1;;. The lowest BCUT2D eigenvalue weighted by atomic mass is 9.97. The lowest BCUT2D eigenvalue weighted by molar-refractivity contribution is -0.672. The van der Waals surface area contributed by atoms with Crippen LogP contribution in [0, 0.1) is 20.8 Å². The number of nitrogens with zero attached hydrogens (tertiary/aromatic N) is 2. The molecule has 0 bridgehead atoms. The molecule has 0 radical (unpaired) electrons. The highest BCUT2D eigenvalue weighted by Crippen LogP contribution is 2.22.